The third kappa shape index (κ3) is 2.18. The molecule has 1 aromatic carbocycles. The number of ether oxygens (including phenoxy) is 2. The summed E-state index contributed by atoms with van der Waals surface area (Å²) < 4.78 is 11.1. The summed E-state index contributed by atoms with van der Waals surface area (Å²) in [6.45, 7) is 3.01. The quantitative estimate of drug-likeness (QED) is 0.790. The third-order valence-corrected chi connectivity index (χ3v) is 3.74. The maximum absolute atomic E-state index is 10.8. The number of nitrogens with one attached hydrogen (secondary N) is 1. The van der Waals surface area contributed by atoms with Crippen molar-refractivity contribution in [3.63, 3.8) is 0 Å². The Kier molecular flexibility index (Phi) is 3.14. The second-order valence-electron chi connectivity index (χ2n) is 4.99. The van der Waals surface area contributed by atoms with Crippen LogP contribution in [-0.2, 0) is 5.60 Å². The van der Waals surface area contributed by atoms with E-state index in [0.29, 0.717) is 13.2 Å². The van der Waals surface area contributed by atoms with Gasteiger partial charge < -0.3 is 19.9 Å². The predicted octanol–water partition coefficient (Wildman–Crippen LogP) is 1.42. The van der Waals surface area contributed by atoms with Crippen molar-refractivity contribution < 1.29 is 14.6 Å². The van der Waals surface area contributed by atoms with Crippen molar-refractivity contribution in [2.45, 2.75) is 24.9 Å². The molecule has 0 bridgehead atoms. The van der Waals surface area contributed by atoms with Gasteiger partial charge >= 0.3 is 0 Å². The van der Waals surface area contributed by atoms with E-state index < -0.39 is 5.60 Å². The van der Waals surface area contributed by atoms with Gasteiger partial charge in [-0.25, -0.2) is 0 Å². The molecule has 2 aliphatic rings. The lowest BCUT2D eigenvalue weighted by Crippen LogP contribution is -2.27. The molecule has 2 heterocycles. The minimum atomic E-state index is -0.737. The monoisotopic (exact) mass is 249 g/mol. The molecule has 98 valence electrons. The first-order chi connectivity index (χ1) is 8.78. The average Bonchev–Trinajstić information content (AvgIpc) is 2.64. The van der Waals surface area contributed by atoms with Crippen molar-refractivity contribution in [1.82, 2.24) is 5.32 Å². The van der Waals surface area contributed by atoms with Gasteiger partial charge in [0.25, 0.3) is 0 Å². The average molecular weight is 249 g/mol. The maximum Gasteiger partial charge on any atom is 0.161 e. The van der Waals surface area contributed by atoms with Crippen LogP contribution in [0.3, 0.4) is 0 Å². The van der Waals surface area contributed by atoms with Crippen LogP contribution < -0.4 is 14.8 Å². The Hall–Kier alpha value is -1.26. The molecule has 0 radical (unpaired) electrons. The summed E-state index contributed by atoms with van der Waals surface area (Å²) in [6.07, 6.45) is 2.53. The van der Waals surface area contributed by atoms with E-state index in [4.69, 9.17) is 9.47 Å². The van der Waals surface area contributed by atoms with Crippen molar-refractivity contribution in [3.05, 3.63) is 23.8 Å². The molecule has 2 aliphatic heterocycles. The summed E-state index contributed by atoms with van der Waals surface area (Å²) in [6, 6.07) is 5.79. The van der Waals surface area contributed by atoms with Gasteiger partial charge in [-0.15, -0.1) is 0 Å². The molecule has 1 aromatic rings. The zero-order valence-electron chi connectivity index (χ0n) is 10.4. The van der Waals surface area contributed by atoms with Gasteiger partial charge in [0.2, 0.25) is 0 Å². The standard InChI is InChI=1S/C14H19NO3/c16-14(4-1-6-15-7-5-14)11-2-3-12-13(10-11)18-9-8-17-12/h2-3,10,15-16H,1,4-9H2. The molecule has 2 N–H and O–H groups in total. The molecule has 0 aromatic heterocycles. The Morgan fingerprint density at radius 2 is 1.89 bits per heavy atom. The molecule has 18 heavy (non-hydrogen) atoms. The van der Waals surface area contributed by atoms with Gasteiger partial charge in [-0.3, -0.25) is 0 Å². The summed E-state index contributed by atoms with van der Waals surface area (Å²) >= 11 is 0. The van der Waals surface area contributed by atoms with Crippen LogP contribution in [0, 0.1) is 0 Å². The number of rotatable bonds is 1. The van der Waals surface area contributed by atoms with Crippen LogP contribution in [0.1, 0.15) is 24.8 Å². The molecular weight excluding hydrogens is 230 g/mol. The SMILES string of the molecule is OC1(c2ccc3c(c2)OCCO3)CCCNCC1. The number of hydrogen-bond donors (Lipinski definition) is 2. The van der Waals surface area contributed by atoms with Gasteiger partial charge in [-0.05, 0) is 50.0 Å². The van der Waals surface area contributed by atoms with E-state index >= 15 is 0 Å². The molecule has 0 saturated carbocycles. The van der Waals surface area contributed by atoms with Crippen LogP contribution >= 0.6 is 0 Å². The van der Waals surface area contributed by atoms with Crippen LogP contribution in [0.2, 0.25) is 0 Å². The summed E-state index contributed by atoms with van der Waals surface area (Å²) in [5, 5.41) is 14.1. The lowest BCUT2D eigenvalue weighted by molar-refractivity contribution is 0.0235. The second-order valence-corrected chi connectivity index (χ2v) is 4.99. The number of benzene rings is 1. The molecule has 4 heteroatoms. The third-order valence-electron chi connectivity index (χ3n) is 3.74. The molecule has 3 rings (SSSR count). The molecule has 1 saturated heterocycles. The van der Waals surface area contributed by atoms with E-state index in [2.05, 4.69) is 5.32 Å². The maximum atomic E-state index is 10.8. The van der Waals surface area contributed by atoms with E-state index in [-0.39, 0.29) is 0 Å². The summed E-state index contributed by atoms with van der Waals surface area (Å²) in [4.78, 5) is 0. The fraction of sp³-hybridized carbons (Fsp3) is 0.571. The minimum Gasteiger partial charge on any atom is -0.486 e. The van der Waals surface area contributed by atoms with E-state index in [1.807, 2.05) is 18.2 Å². The highest BCUT2D eigenvalue weighted by molar-refractivity contribution is 5.45. The lowest BCUT2D eigenvalue weighted by atomic mass is 9.86. The van der Waals surface area contributed by atoms with Gasteiger partial charge in [-0.2, -0.15) is 0 Å². The van der Waals surface area contributed by atoms with E-state index in [9.17, 15) is 5.11 Å². The fourth-order valence-electron chi connectivity index (χ4n) is 2.67. The van der Waals surface area contributed by atoms with Crippen molar-refractivity contribution in [2.75, 3.05) is 26.3 Å². The van der Waals surface area contributed by atoms with Crippen LogP contribution in [-0.4, -0.2) is 31.4 Å². The van der Waals surface area contributed by atoms with Gasteiger partial charge in [0, 0.05) is 0 Å². The molecule has 4 nitrogen and oxygen atoms in total. The Bertz CT molecular complexity index is 425. The summed E-state index contributed by atoms with van der Waals surface area (Å²) in [5.41, 5.74) is 0.203. The lowest BCUT2D eigenvalue weighted by Gasteiger charge is -2.28. The van der Waals surface area contributed by atoms with Crippen LogP contribution in [0.25, 0.3) is 0 Å². The molecule has 0 aliphatic carbocycles. The summed E-state index contributed by atoms with van der Waals surface area (Å²) in [5.74, 6) is 1.53. The summed E-state index contributed by atoms with van der Waals surface area (Å²) in [7, 11) is 0. The van der Waals surface area contributed by atoms with Crippen LogP contribution in [0.4, 0.5) is 0 Å². The van der Waals surface area contributed by atoms with E-state index in [1.165, 1.54) is 0 Å². The van der Waals surface area contributed by atoms with Gasteiger partial charge in [0.1, 0.15) is 13.2 Å². The highest BCUT2D eigenvalue weighted by Gasteiger charge is 2.31. The highest BCUT2D eigenvalue weighted by Crippen LogP contribution is 2.38. The van der Waals surface area contributed by atoms with Crippen molar-refractivity contribution >= 4 is 0 Å². The Balaban J connectivity index is 1.90. The van der Waals surface area contributed by atoms with Crippen molar-refractivity contribution in [1.29, 1.82) is 0 Å². The molecule has 1 fully saturated rings. The normalized spacial score (nSPS) is 27.6. The van der Waals surface area contributed by atoms with E-state index in [0.717, 1.165) is 49.4 Å². The first kappa shape index (κ1) is 11.8. The first-order valence-electron chi connectivity index (χ1n) is 6.61. The number of aliphatic hydroxyl groups is 1. The first-order valence-corrected chi connectivity index (χ1v) is 6.61. The molecular formula is C14H19NO3. The Labute approximate surface area is 107 Å². The fourth-order valence-corrected chi connectivity index (χ4v) is 2.67. The van der Waals surface area contributed by atoms with Crippen LogP contribution in [0.15, 0.2) is 18.2 Å². The smallest absolute Gasteiger partial charge is 0.161 e. The van der Waals surface area contributed by atoms with E-state index in [1.54, 1.807) is 0 Å². The largest absolute Gasteiger partial charge is 0.486 e. The molecule has 1 atom stereocenters. The number of hydrogen-bond acceptors (Lipinski definition) is 4. The second kappa shape index (κ2) is 4.78. The molecule has 1 unspecified atom stereocenters. The van der Waals surface area contributed by atoms with Gasteiger partial charge in [0.05, 0.1) is 5.60 Å². The zero-order valence-corrected chi connectivity index (χ0v) is 10.4. The predicted molar refractivity (Wildman–Crippen MR) is 68.0 cm³/mol. The molecule has 0 spiro atoms. The molecule has 0 amide bonds. The van der Waals surface area contributed by atoms with Gasteiger partial charge in [0.15, 0.2) is 11.5 Å². The zero-order chi connectivity index (χ0) is 12.4. The van der Waals surface area contributed by atoms with Crippen molar-refractivity contribution in [2.24, 2.45) is 0 Å². The topological polar surface area (TPSA) is 50.7 Å². The minimum absolute atomic E-state index is 0.580. The Morgan fingerprint density at radius 1 is 1.06 bits per heavy atom. The highest BCUT2D eigenvalue weighted by atomic mass is 16.6. The Morgan fingerprint density at radius 3 is 2.78 bits per heavy atom. The van der Waals surface area contributed by atoms with Gasteiger partial charge in [-0.1, -0.05) is 6.07 Å². The van der Waals surface area contributed by atoms with Crippen LogP contribution in [0.5, 0.6) is 11.5 Å². The number of fused-ring (bicyclic) bond motifs is 1. The van der Waals surface area contributed by atoms with Crippen molar-refractivity contribution in [3.8, 4) is 11.5 Å².